The maximum atomic E-state index is 5.90. The highest BCUT2D eigenvalue weighted by molar-refractivity contribution is 5.67. The van der Waals surface area contributed by atoms with Crippen molar-refractivity contribution >= 4 is 5.69 Å². The molecule has 0 saturated heterocycles. The van der Waals surface area contributed by atoms with Crippen LogP contribution in [-0.4, -0.2) is 24.9 Å². The van der Waals surface area contributed by atoms with Crippen LogP contribution < -0.4 is 5.73 Å². The summed E-state index contributed by atoms with van der Waals surface area (Å²) in [4.78, 5) is 20.9. The Morgan fingerprint density at radius 3 is 1.63 bits per heavy atom. The third-order valence-corrected chi connectivity index (χ3v) is 2.50. The van der Waals surface area contributed by atoms with Gasteiger partial charge in [-0.3, -0.25) is 19.9 Å². The van der Waals surface area contributed by atoms with E-state index < -0.39 is 0 Å². The predicted molar refractivity (Wildman–Crippen MR) is 70.7 cm³/mol. The van der Waals surface area contributed by atoms with E-state index in [1.807, 2.05) is 0 Å². The van der Waals surface area contributed by atoms with Gasteiger partial charge in [0.1, 0.15) is 11.4 Å². The van der Waals surface area contributed by atoms with Crippen molar-refractivity contribution in [2.75, 3.05) is 5.73 Å². The van der Waals surface area contributed by atoms with Crippen LogP contribution in [0, 0.1) is 0 Å². The predicted octanol–water partition coefficient (Wildman–Crippen LogP) is 1.58. The number of aromatic nitrogens is 5. The molecule has 3 rings (SSSR count). The number of nitrogen functional groups attached to an aromatic ring is 1. The zero-order chi connectivity index (χ0) is 13.1. The minimum Gasteiger partial charge on any atom is -0.399 e. The van der Waals surface area contributed by atoms with Crippen molar-refractivity contribution in [3.8, 4) is 22.8 Å². The molecule has 0 atom stereocenters. The molecule has 3 heterocycles. The maximum Gasteiger partial charge on any atom is 0.107 e. The van der Waals surface area contributed by atoms with Crippen LogP contribution >= 0.6 is 0 Å². The first-order valence-corrected chi connectivity index (χ1v) is 5.63. The van der Waals surface area contributed by atoms with Gasteiger partial charge in [-0.1, -0.05) is 0 Å². The molecule has 0 aliphatic heterocycles. The van der Waals surface area contributed by atoms with Crippen LogP contribution in [0.1, 0.15) is 0 Å². The normalized spacial score (nSPS) is 10.3. The minimum absolute atomic E-state index is 0.594. The second-order valence-electron chi connectivity index (χ2n) is 3.85. The molecular formula is C13H10N6. The number of rotatable bonds is 2. The van der Waals surface area contributed by atoms with Gasteiger partial charge in [-0.25, -0.2) is 4.98 Å². The third-order valence-electron chi connectivity index (χ3n) is 2.50. The summed E-state index contributed by atoms with van der Waals surface area (Å²) in [5, 5.41) is 0. The van der Waals surface area contributed by atoms with Crippen LogP contribution in [0.4, 0.5) is 5.69 Å². The van der Waals surface area contributed by atoms with Gasteiger partial charge in [-0.05, 0) is 12.1 Å². The number of hydrogen-bond donors (Lipinski definition) is 1. The first kappa shape index (κ1) is 11.2. The smallest absolute Gasteiger partial charge is 0.107 e. The summed E-state index contributed by atoms with van der Waals surface area (Å²) < 4.78 is 0. The molecule has 0 spiro atoms. The lowest BCUT2D eigenvalue weighted by atomic mass is 10.2. The summed E-state index contributed by atoms with van der Waals surface area (Å²) in [5.41, 5.74) is 9.15. The first-order chi connectivity index (χ1) is 9.33. The maximum absolute atomic E-state index is 5.90. The molecule has 3 aromatic heterocycles. The van der Waals surface area contributed by atoms with Crippen molar-refractivity contribution in [3.05, 3.63) is 49.3 Å². The van der Waals surface area contributed by atoms with Gasteiger partial charge in [-0.2, -0.15) is 0 Å². The van der Waals surface area contributed by atoms with Crippen LogP contribution in [-0.2, 0) is 0 Å². The fourth-order valence-corrected chi connectivity index (χ4v) is 1.68. The van der Waals surface area contributed by atoms with Gasteiger partial charge in [-0.15, -0.1) is 0 Å². The zero-order valence-corrected chi connectivity index (χ0v) is 9.93. The highest BCUT2D eigenvalue weighted by atomic mass is 14.9. The SMILES string of the molecule is Nc1cc(-c2cnccn2)nc(-c2cnccn2)c1. The Morgan fingerprint density at radius 1 is 0.684 bits per heavy atom. The molecule has 0 saturated carbocycles. The molecule has 0 aliphatic rings. The number of hydrogen-bond acceptors (Lipinski definition) is 6. The Labute approximate surface area is 109 Å². The lowest BCUT2D eigenvalue weighted by Crippen LogP contribution is -1.96. The second-order valence-corrected chi connectivity index (χ2v) is 3.85. The Bertz CT molecular complexity index is 626. The molecule has 0 radical (unpaired) electrons. The number of pyridine rings is 1. The van der Waals surface area contributed by atoms with E-state index in [2.05, 4.69) is 24.9 Å². The van der Waals surface area contributed by atoms with E-state index in [1.165, 1.54) is 0 Å². The van der Waals surface area contributed by atoms with E-state index in [1.54, 1.807) is 49.3 Å². The second kappa shape index (κ2) is 4.77. The minimum atomic E-state index is 0.594. The van der Waals surface area contributed by atoms with Crippen molar-refractivity contribution in [1.82, 2.24) is 24.9 Å². The Hall–Kier alpha value is -2.89. The lowest BCUT2D eigenvalue weighted by molar-refractivity contribution is 1.15. The molecule has 19 heavy (non-hydrogen) atoms. The highest BCUT2D eigenvalue weighted by Crippen LogP contribution is 2.22. The Morgan fingerprint density at radius 2 is 1.21 bits per heavy atom. The van der Waals surface area contributed by atoms with Gasteiger partial charge in [0.2, 0.25) is 0 Å². The first-order valence-electron chi connectivity index (χ1n) is 5.63. The summed E-state index contributed by atoms with van der Waals surface area (Å²) in [6.07, 6.45) is 9.73. The molecule has 0 aliphatic carbocycles. The van der Waals surface area contributed by atoms with Gasteiger partial charge < -0.3 is 5.73 Å². The fraction of sp³-hybridized carbons (Fsp3) is 0. The van der Waals surface area contributed by atoms with Crippen molar-refractivity contribution in [3.63, 3.8) is 0 Å². The monoisotopic (exact) mass is 250 g/mol. The molecule has 0 unspecified atom stereocenters. The third kappa shape index (κ3) is 2.37. The number of anilines is 1. The van der Waals surface area contributed by atoms with Crippen molar-refractivity contribution in [2.24, 2.45) is 0 Å². The number of nitrogens with two attached hydrogens (primary N) is 1. The van der Waals surface area contributed by atoms with E-state index in [-0.39, 0.29) is 0 Å². The average Bonchev–Trinajstić information content (AvgIpc) is 2.48. The summed E-state index contributed by atoms with van der Waals surface area (Å²) in [6, 6.07) is 3.51. The van der Waals surface area contributed by atoms with E-state index in [9.17, 15) is 0 Å². The standard InChI is InChI=1S/C13H10N6/c14-9-5-10(12-7-15-1-3-17-12)19-11(6-9)13-8-16-2-4-18-13/h1-8H,(H2,14,19). The van der Waals surface area contributed by atoms with E-state index in [0.717, 1.165) is 0 Å². The van der Waals surface area contributed by atoms with Gasteiger partial charge in [0, 0.05) is 30.5 Å². The average molecular weight is 250 g/mol. The molecular weight excluding hydrogens is 240 g/mol. The van der Waals surface area contributed by atoms with Gasteiger partial charge in [0.15, 0.2) is 0 Å². The Balaban J connectivity index is 2.12. The largest absolute Gasteiger partial charge is 0.399 e. The number of nitrogens with zero attached hydrogens (tertiary/aromatic N) is 5. The molecule has 0 bridgehead atoms. The summed E-state index contributed by atoms with van der Waals surface area (Å²) in [5.74, 6) is 0. The van der Waals surface area contributed by atoms with Gasteiger partial charge in [0.05, 0.1) is 23.8 Å². The van der Waals surface area contributed by atoms with E-state index in [0.29, 0.717) is 28.5 Å². The molecule has 3 aromatic rings. The van der Waals surface area contributed by atoms with Crippen LogP contribution in [0.25, 0.3) is 22.8 Å². The van der Waals surface area contributed by atoms with Crippen LogP contribution in [0.2, 0.25) is 0 Å². The molecule has 6 heteroatoms. The van der Waals surface area contributed by atoms with E-state index in [4.69, 9.17) is 5.73 Å². The van der Waals surface area contributed by atoms with Crippen molar-refractivity contribution in [2.45, 2.75) is 0 Å². The fourth-order valence-electron chi connectivity index (χ4n) is 1.68. The molecule has 6 nitrogen and oxygen atoms in total. The Kier molecular flexibility index (Phi) is 2.82. The highest BCUT2D eigenvalue weighted by Gasteiger charge is 2.07. The van der Waals surface area contributed by atoms with E-state index >= 15 is 0 Å². The van der Waals surface area contributed by atoms with Crippen molar-refractivity contribution in [1.29, 1.82) is 0 Å². The van der Waals surface area contributed by atoms with Crippen LogP contribution in [0.3, 0.4) is 0 Å². The summed E-state index contributed by atoms with van der Waals surface area (Å²) >= 11 is 0. The zero-order valence-electron chi connectivity index (χ0n) is 9.93. The summed E-state index contributed by atoms with van der Waals surface area (Å²) in [6.45, 7) is 0. The van der Waals surface area contributed by atoms with Crippen LogP contribution in [0.15, 0.2) is 49.3 Å². The molecule has 92 valence electrons. The van der Waals surface area contributed by atoms with Gasteiger partial charge in [0.25, 0.3) is 0 Å². The molecule has 0 aromatic carbocycles. The van der Waals surface area contributed by atoms with Crippen molar-refractivity contribution < 1.29 is 0 Å². The lowest BCUT2D eigenvalue weighted by Gasteiger charge is -2.05. The summed E-state index contributed by atoms with van der Waals surface area (Å²) in [7, 11) is 0. The topological polar surface area (TPSA) is 90.5 Å². The van der Waals surface area contributed by atoms with Crippen LogP contribution in [0.5, 0.6) is 0 Å². The molecule has 0 fully saturated rings. The quantitative estimate of drug-likeness (QED) is 0.742. The molecule has 2 N–H and O–H groups in total. The molecule has 0 amide bonds. The van der Waals surface area contributed by atoms with Gasteiger partial charge >= 0.3 is 0 Å².